The molecule has 1 heterocycles. The fraction of sp³-hybridized carbons (Fsp3) is 0.778. The maximum atomic E-state index is 12.6. The molecule has 0 radical (unpaired) electrons. The molecule has 0 aromatic carbocycles. The van der Waals surface area contributed by atoms with Gasteiger partial charge in [-0.2, -0.15) is 5.10 Å². The summed E-state index contributed by atoms with van der Waals surface area (Å²) in [7, 11) is 1.92. The van der Waals surface area contributed by atoms with Crippen molar-refractivity contribution in [2.45, 2.75) is 66.5 Å². The molecule has 22 heavy (non-hydrogen) atoms. The maximum absolute atomic E-state index is 12.6. The number of carbonyl (C=O) groups is 1. The van der Waals surface area contributed by atoms with E-state index in [9.17, 15) is 4.79 Å². The zero-order chi connectivity index (χ0) is 16.3. The number of carbonyl (C=O) groups excluding carboxylic acids is 1. The van der Waals surface area contributed by atoms with Crippen LogP contribution < -0.4 is 0 Å². The predicted molar refractivity (Wildman–Crippen MR) is 89.3 cm³/mol. The van der Waals surface area contributed by atoms with Crippen molar-refractivity contribution in [3.63, 3.8) is 0 Å². The summed E-state index contributed by atoms with van der Waals surface area (Å²) >= 11 is 0. The van der Waals surface area contributed by atoms with Gasteiger partial charge < -0.3 is 4.90 Å². The lowest BCUT2D eigenvalue weighted by Crippen LogP contribution is -2.36. The van der Waals surface area contributed by atoms with Crippen LogP contribution in [0, 0.1) is 17.3 Å². The Balaban J connectivity index is 1.86. The fourth-order valence-electron chi connectivity index (χ4n) is 3.53. The van der Waals surface area contributed by atoms with Crippen molar-refractivity contribution in [3.8, 4) is 0 Å². The third-order valence-corrected chi connectivity index (χ3v) is 5.11. The Bertz CT molecular complexity index is 493. The highest BCUT2D eigenvalue weighted by Crippen LogP contribution is 2.40. The van der Waals surface area contributed by atoms with Crippen molar-refractivity contribution in [2.24, 2.45) is 17.3 Å². The largest absolute Gasteiger partial charge is 0.341 e. The minimum Gasteiger partial charge on any atom is -0.341 e. The van der Waals surface area contributed by atoms with E-state index in [1.807, 2.05) is 29.0 Å². The van der Waals surface area contributed by atoms with E-state index in [0.717, 1.165) is 30.9 Å². The van der Waals surface area contributed by atoms with Crippen LogP contribution in [-0.2, 0) is 17.9 Å². The molecule has 1 aliphatic carbocycles. The first-order valence-corrected chi connectivity index (χ1v) is 8.57. The molecule has 124 valence electrons. The van der Waals surface area contributed by atoms with Crippen molar-refractivity contribution < 1.29 is 4.79 Å². The molecular formula is C18H31N3O. The molecular weight excluding hydrogens is 274 g/mol. The summed E-state index contributed by atoms with van der Waals surface area (Å²) in [4.78, 5) is 14.5. The number of hydrogen-bond donors (Lipinski definition) is 0. The SMILES string of the molecule is CCn1cc(CN(C)C(=O)C2CCC(C(C)(C)C)CC2)cn1. The summed E-state index contributed by atoms with van der Waals surface area (Å²) in [5.41, 5.74) is 1.48. The number of aromatic nitrogens is 2. The summed E-state index contributed by atoms with van der Waals surface area (Å²) in [6.45, 7) is 10.6. The molecule has 0 spiro atoms. The Morgan fingerprint density at radius 2 is 1.95 bits per heavy atom. The second-order valence-corrected chi connectivity index (χ2v) is 7.81. The van der Waals surface area contributed by atoms with E-state index in [2.05, 4.69) is 32.8 Å². The molecule has 0 bridgehead atoms. The Labute approximate surface area is 134 Å². The van der Waals surface area contributed by atoms with Crippen LogP contribution >= 0.6 is 0 Å². The zero-order valence-electron chi connectivity index (χ0n) is 14.8. The topological polar surface area (TPSA) is 38.1 Å². The number of aryl methyl sites for hydroxylation is 1. The van der Waals surface area contributed by atoms with Gasteiger partial charge in [-0.05, 0) is 43.9 Å². The van der Waals surface area contributed by atoms with Gasteiger partial charge in [0.1, 0.15) is 0 Å². The fourth-order valence-corrected chi connectivity index (χ4v) is 3.53. The summed E-state index contributed by atoms with van der Waals surface area (Å²) < 4.78 is 1.90. The average molecular weight is 305 g/mol. The monoisotopic (exact) mass is 305 g/mol. The summed E-state index contributed by atoms with van der Waals surface area (Å²) in [6.07, 6.45) is 8.34. The lowest BCUT2D eigenvalue weighted by atomic mass is 9.69. The van der Waals surface area contributed by atoms with Crippen molar-refractivity contribution in [3.05, 3.63) is 18.0 Å². The van der Waals surface area contributed by atoms with Gasteiger partial charge in [-0.25, -0.2) is 0 Å². The molecule has 0 saturated heterocycles. The molecule has 1 amide bonds. The lowest BCUT2D eigenvalue weighted by molar-refractivity contribution is -0.136. The van der Waals surface area contributed by atoms with E-state index in [1.54, 1.807) is 0 Å². The van der Waals surface area contributed by atoms with Crippen molar-refractivity contribution in [1.29, 1.82) is 0 Å². The molecule has 1 aliphatic rings. The molecule has 2 rings (SSSR count). The second-order valence-electron chi connectivity index (χ2n) is 7.81. The van der Waals surface area contributed by atoms with Crippen LogP contribution in [0.4, 0.5) is 0 Å². The van der Waals surface area contributed by atoms with E-state index in [4.69, 9.17) is 0 Å². The van der Waals surface area contributed by atoms with Crippen LogP contribution in [0.3, 0.4) is 0 Å². The van der Waals surface area contributed by atoms with Crippen molar-refractivity contribution >= 4 is 5.91 Å². The van der Waals surface area contributed by atoms with E-state index in [1.165, 1.54) is 12.8 Å². The normalized spacial score (nSPS) is 22.6. The molecule has 1 aromatic heterocycles. The van der Waals surface area contributed by atoms with Crippen LogP contribution in [-0.4, -0.2) is 27.6 Å². The molecule has 4 heteroatoms. The zero-order valence-corrected chi connectivity index (χ0v) is 14.8. The lowest BCUT2D eigenvalue weighted by Gasteiger charge is -2.37. The van der Waals surface area contributed by atoms with Crippen LogP contribution in [0.25, 0.3) is 0 Å². The first-order chi connectivity index (χ1) is 10.3. The Morgan fingerprint density at radius 1 is 1.32 bits per heavy atom. The highest BCUT2D eigenvalue weighted by Gasteiger charge is 2.33. The molecule has 0 unspecified atom stereocenters. The predicted octanol–water partition coefficient (Wildman–Crippen LogP) is 3.71. The molecule has 1 saturated carbocycles. The number of nitrogens with zero attached hydrogens (tertiary/aromatic N) is 3. The van der Waals surface area contributed by atoms with Gasteiger partial charge in [-0.3, -0.25) is 9.48 Å². The number of hydrogen-bond acceptors (Lipinski definition) is 2. The highest BCUT2D eigenvalue weighted by atomic mass is 16.2. The molecule has 0 atom stereocenters. The van der Waals surface area contributed by atoms with Crippen LogP contribution in [0.2, 0.25) is 0 Å². The van der Waals surface area contributed by atoms with E-state index >= 15 is 0 Å². The van der Waals surface area contributed by atoms with Gasteiger partial charge in [0.25, 0.3) is 0 Å². The number of rotatable bonds is 4. The Kier molecular flexibility index (Phi) is 5.30. The minimum atomic E-state index is 0.213. The van der Waals surface area contributed by atoms with E-state index < -0.39 is 0 Å². The first kappa shape index (κ1) is 17.0. The first-order valence-electron chi connectivity index (χ1n) is 8.57. The van der Waals surface area contributed by atoms with Gasteiger partial charge in [-0.1, -0.05) is 20.8 Å². The standard InChI is InChI=1S/C18H31N3O/c1-6-21-13-14(11-19-21)12-20(5)17(22)15-7-9-16(10-8-15)18(2,3)4/h11,13,15-16H,6-10,12H2,1-5H3. The summed E-state index contributed by atoms with van der Waals surface area (Å²) in [5.74, 6) is 1.27. The second kappa shape index (κ2) is 6.84. The van der Waals surface area contributed by atoms with Gasteiger partial charge in [0.15, 0.2) is 0 Å². The van der Waals surface area contributed by atoms with E-state index in [-0.39, 0.29) is 5.92 Å². The average Bonchev–Trinajstić information content (AvgIpc) is 2.93. The van der Waals surface area contributed by atoms with Crippen molar-refractivity contribution in [2.75, 3.05) is 7.05 Å². The molecule has 0 N–H and O–H groups in total. The smallest absolute Gasteiger partial charge is 0.225 e. The van der Waals surface area contributed by atoms with Crippen LogP contribution in [0.1, 0.15) is 58.9 Å². The van der Waals surface area contributed by atoms with Gasteiger partial charge in [0.2, 0.25) is 5.91 Å². The van der Waals surface area contributed by atoms with Gasteiger partial charge >= 0.3 is 0 Å². The van der Waals surface area contributed by atoms with Gasteiger partial charge in [-0.15, -0.1) is 0 Å². The molecule has 1 aromatic rings. The van der Waals surface area contributed by atoms with Gasteiger partial charge in [0.05, 0.1) is 6.20 Å². The number of amides is 1. The van der Waals surface area contributed by atoms with Gasteiger partial charge in [0, 0.05) is 37.8 Å². The Hall–Kier alpha value is -1.32. The van der Waals surface area contributed by atoms with Crippen molar-refractivity contribution in [1.82, 2.24) is 14.7 Å². The molecule has 4 nitrogen and oxygen atoms in total. The maximum Gasteiger partial charge on any atom is 0.225 e. The van der Waals surface area contributed by atoms with Crippen LogP contribution in [0.15, 0.2) is 12.4 Å². The summed E-state index contributed by atoms with van der Waals surface area (Å²) in [5, 5.41) is 4.28. The Morgan fingerprint density at radius 3 is 2.45 bits per heavy atom. The minimum absolute atomic E-state index is 0.213. The molecule has 0 aliphatic heterocycles. The highest BCUT2D eigenvalue weighted by molar-refractivity contribution is 5.78. The third kappa shape index (κ3) is 4.11. The quantitative estimate of drug-likeness (QED) is 0.850. The van der Waals surface area contributed by atoms with E-state index in [0.29, 0.717) is 17.9 Å². The third-order valence-electron chi connectivity index (χ3n) is 5.11. The molecule has 1 fully saturated rings. The van der Waals surface area contributed by atoms with Crippen LogP contribution in [0.5, 0.6) is 0 Å². The summed E-state index contributed by atoms with van der Waals surface area (Å²) in [6, 6.07) is 0.